The Morgan fingerprint density at radius 1 is 1.28 bits per heavy atom. The first-order valence-corrected chi connectivity index (χ1v) is 7.01. The van der Waals surface area contributed by atoms with E-state index in [4.69, 9.17) is 0 Å². The molecular formula is C16H11F4N3O2. The highest BCUT2D eigenvalue weighted by Gasteiger charge is 2.42. The number of nitrogens with zero attached hydrogens (tertiary/aromatic N) is 3. The number of halogens is 4. The molecular weight excluding hydrogens is 342 g/mol. The molecule has 3 aromatic rings. The molecule has 25 heavy (non-hydrogen) atoms. The second-order valence-electron chi connectivity index (χ2n) is 5.21. The lowest BCUT2D eigenvalue weighted by Crippen LogP contribution is -2.16. The molecule has 0 fully saturated rings. The number of alkyl halides is 3. The molecule has 0 amide bonds. The van der Waals surface area contributed by atoms with E-state index in [1.54, 1.807) is 0 Å². The van der Waals surface area contributed by atoms with Crippen LogP contribution in [0.15, 0.2) is 30.5 Å². The topological polar surface area (TPSA) is 57.0 Å². The third-order valence-corrected chi connectivity index (χ3v) is 3.66. The minimum Gasteiger partial charge on any atom is -0.464 e. The summed E-state index contributed by atoms with van der Waals surface area (Å²) in [5.74, 6) is -1.87. The number of pyridine rings is 1. The van der Waals surface area contributed by atoms with Crippen LogP contribution in [0.25, 0.3) is 22.2 Å². The molecule has 0 spiro atoms. The van der Waals surface area contributed by atoms with E-state index >= 15 is 0 Å². The Kier molecular flexibility index (Phi) is 3.94. The van der Waals surface area contributed by atoms with Gasteiger partial charge in [-0.1, -0.05) is 12.1 Å². The van der Waals surface area contributed by atoms with Gasteiger partial charge in [0.25, 0.3) is 0 Å². The van der Waals surface area contributed by atoms with Gasteiger partial charge in [0.1, 0.15) is 17.1 Å². The zero-order chi connectivity index (χ0) is 18.4. The average Bonchev–Trinajstić information content (AvgIpc) is 2.91. The number of fused-ring (bicyclic) bond motifs is 1. The maximum absolute atomic E-state index is 13.6. The van der Waals surface area contributed by atoms with Gasteiger partial charge in [-0.25, -0.2) is 9.18 Å². The second kappa shape index (κ2) is 5.83. The first kappa shape index (κ1) is 16.9. The van der Waals surface area contributed by atoms with E-state index in [1.807, 2.05) is 0 Å². The van der Waals surface area contributed by atoms with E-state index in [2.05, 4.69) is 14.8 Å². The molecule has 3 rings (SSSR count). The number of carbonyl (C=O) groups is 1. The van der Waals surface area contributed by atoms with Gasteiger partial charge in [-0.3, -0.25) is 9.67 Å². The average molecular weight is 353 g/mol. The number of hydrogen-bond acceptors (Lipinski definition) is 4. The van der Waals surface area contributed by atoms with Crippen molar-refractivity contribution in [2.24, 2.45) is 7.05 Å². The highest BCUT2D eigenvalue weighted by Crippen LogP contribution is 2.41. The molecule has 0 aliphatic carbocycles. The van der Waals surface area contributed by atoms with Gasteiger partial charge in [0.05, 0.1) is 18.8 Å². The summed E-state index contributed by atoms with van der Waals surface area (Å²) in [4.78, 5) is 15.7. The molecule has 0 atom stereocenters. The van der Waals surface area contributed by atoms with Crippen molar-refractivity contribution < 1.29 is 27.1 Å². The molecule has 0 aliphatic rings. The number of esters is 1. The summed E-state index contributed by atoms with van der Waals surface area (Å²) in [7, 11) is 2.18. The number of aromatic nitrogens is 3. The second-order valence-corrected chi connectivity index (χ2v) is 5.21. The fraction of sp³-hybridized carbons (Fsp3) is 0.188. The van der Waals surface area contributed by atoms with Crippen molar-refractivity contribution in [2.75, 3.05) is 7.11 Å². The Morgan fingerprint density at radius 2 is 2.00 bits per heavy atom. The van der Waals surface area contributed by atoms with Gasteiger partial charge < -0.3 is 4.74 Å². The Balaban J connectivity index is 2.40. The molecule has 0 bridgehead atoms. The fourth-order valence-electron chi connectivity index (χ4n) is 2.64. The van der Waals surface area contributed by atoms with Crippen LogP contribution in [0.5, 0.6) is 0 Å². The number of hydrogen-bond donors (Lipinski definition) is 0. The molecule has 0 N–H and O–H groups in total. The fourth-order valence-corrected chi connectivity index (χ4v) is 2.64. The lowest BCUT2D eigenvalue weighted by molar-refractivity contribution is -0.137. The monoisotopic (exact) mass is 353 g/mol. The maximum atomic E-state index is 13.6. The predicted octanol–water partition coefficient (Wildman–Crippen LogP) is 3.58. The quantitative estimate of drug-likeness (QED) is 0.522. The van der Waals surface area contributed by atoms with Gasteiger partial charge in [0.15, 0.2) is 5.69 Å². The Labute approximate surface area is 138 Å². The van der Waals surface area contributed by atoms with Crippen molar-refractivity contribution >= 4 is 16.9 Å². The molecule has 1 aromatic carbocycles. The minimum atomic E-state index is -4.87. The largest absolute Gasteiger partial charge is 0.464 e. The summed E-state index contributed by atoms with van der Waals surface area (Å²) in [6, 6.07) is 5.46. The summed E-state index contributed by atoms with van der Waals surface area (Å²) in [5.41, 5.74) is -2.14. The van der Waals surface area contributed by atoms with Crippen LogP contribution >= 0.6 is 0 Å². The van der Waals surface area contributed by atoms with Gasteiger partial charge >= 0.3 is 12.1 Å². The summed E-state index contributed by atoms with van der Waals surface area (Å²) in [5, 5.41) is 4.00. The predicted molar refractivity (Wildman–Crippen MR) is 80.2 cm³/mol. The standard InChI is InChI=1S/C16H11F4N3O2/c1-23-14(15(24)25-2)12(16(18,19)20)13(22-23)9-4-3-5-11-10(9)6-8(17)7-21-11/h3-7H,1-2H3. The van der Waals surface area contributed by atoms with Crippen molar-refractivity contribution in [1.29, 1.82) is 0 Å². The van der Waals surface area contributed by atoms with Gasteiger partial charge in [-0.2, -0.15) is 18.3 Å². The summed E-state index contributed by atoms with van der Waals surface area (Å²) in [6.45, 7) is 0. The van der Waals surface area contributed by atoms with Crippen LogP contribution in [0.1, 0.15) is 16.1 Å². The lowest BCUT2D eigenvalue weighted by atomic mass is 10.0. The summed E-state index contributed by atoms with van der Waals surface area (Å²) in [6.07, 6.45) is -3.90. The molecule has 5 nitrogen and oxygen atoms in total. The Bertz CT molecular complexity index is 979. The molecule has 0 radical (unpaired) electrons. The van der Waals surface area contributed by atoms with Crippen LogP contribution in [0.3, 0.4) is 0 Å². The van der Waals surface area contributed by atoms with Crippen LogP contribution < -0.4 is 0 Å². The molecule has 0 aliphatic heterocycles. The van der Waals surface area contributed by atoms with Crippen LogP contribution in [-0.2, 0) is 18.0 Å². The number of carbonyl (C=O) groups excluding carboxylic acids is 1. The third-order valence-electron chi connectivity index (χ3n) is 3.66. The van der Waals surface area contributed by atoms with Crippen LogP contribution in [0.4, 0.5) is 17.6 Å². The van der Waals surface area contributed by atoms with Crippen molar-refractivity contribution in [3.05, 3.63) is 47.5 Å². The number of aryl methyl sites for hydroxylation is 1. The summed E-state index contributed by atoms with van der Waals surface area (Å²) < 4.78 is 59.7. The molecule has 2 heterocycles. The Hall–Kier alpha value is -2.97. The molecule has 9 heteroatoms. The Morgan fingerprint density at radius 3 is 2.64 bits per heavy atom. The molecule has 2 aromatic heterocycles. The van der Waals surface area contributed by atoms with Gasteiger partial charge in [-0.05, 0) is 12.1 Å². The normalized spacial score (nSPS) is 11.8. The van der Waals surface area contributed by atoms with Crippen molar-refractivity contribution in [2.45, 2.75) is 6.18 Å². The van der Waals surface area contributed by atoms with Gasteiger partial charge in [0.2, 0.25) is 0 Å². The smallest absolute Gasteiger partial charge is 0.420 e. The number of methoxy groups -OCH3 is 1. The van der Waals surface area contributed by atoms with Gasteiger partial charge in [0, 0.05) is 18.0 Å². The third kappa shape index (κ3) is 2.81. The summed E-state index contributed by atoms with van der Waals surface area (Å²) >= 11 is 0. The van der Waals surface area contributed by atoms with E-state index in [0.29, 0.717) is 5.52 Å². The SMILES string of the molecule is COC(=O)c1c(C(F)(F)F)c(-c2cccc3ncc(F)cc23)nn1C. The first-order chi connectivity index (χ1) is 11.7. The minimum absolute atomic E-state index is 0.0163. The van der Waals surface area contributed by atoms with Crippen molar-refractivity contribution in [3.63, 3.8) is 0 Å². The highest BCUT2D eigenvalue weighted by atomic mass is 19.4. The zero-order valence-electron chi connectivity index (χ0n) is 13.1. The number of ether oxygens (including phenoxy) is 1. The van der Waals surface area contributed by atoms with Crippen LogP contribution in [0, 0.1) is 5.82 Å². The van der Waals surface area contributed by atoms with E-state index in [0.717, 1.165) is 24.1 Å². The molecule has 0 saturated heterocycles. The van der Waals surface area contributed by atoms with Crippen LogP contribution in [0.2, 0.25) is 0 Å². The molecule has 0 saturated carbocycles. The van der Waals surface area contributed by atoms with Crippen molar-refractivity contribution in [1.82, 2.24) is 14.8 Å². The highest BCUT2D eigenvalue weighted by molar-refractivity contribution is 5.97. The lowest BCUT2D eigenvalue weighted by Gasteiger charge is -2.10. The first-order valence-electron chi connectivity index (χ1n) is 7.01. The van der Waals surface area contributed by atoms with Crippen molar-refractivity contribution in [3.8, 4) is 11.3 Å². The maximum Gasteiger partial charge on any atom is 0.420 e. The number of rotatable bonds is 2. The van der Waals surface area contributed by atoms with E-state index in [-0.39, 0.29) is 10.9 Å². The number of benzene rings is 1. The van der Waals surface area contributed by atoms with E-state index in [9.17, 15) is 22.4 Å². The molecule has 0 unspecified atom stereocenters. The van der Waals surface area contributed by atoms with E-state index < -0.39 is 34.9 Å². The van der Waals surface area contributed by atoms with E-state index in [1.165, 1.54) is 25.2 Å². The van der Waals surface area contributed by atoms with Gasteiger partial charge in [-0.15, -0.1) is 0 Å². The van der Waals surface area contributed by atoms with Crippen LogP contribution in [-0.4, -0.2) is 27.8 Å². The molecule has 130 valence electrons. The zero-order valence-corrected chi connectivity index (χ0v) is 13.1.